The fraction of sp³-hybridized carbons (Fsp3) is 0.390. The fourth-order valence-corrected chi connectivity index (χ4v) is 8.35. The Morgan fingerprint density at radius 2 is 1.81 bits per heavy atom. The number of ether oxygens (including phenoxy) is 3. The van der Waals surface area contributed by atoms with Crippen LogP contribution in [-0.4, -0.2) is 65.1 Å². The molecule has 0 amide bonds. The molecule has 0 bridgehead atoms. The summed E-state index contributed by atoms with van der Waals surface area (Å²) in [5, 5.41) is 23.0. The number of pyridine rings is 2. The summed E-state index contributed by atoms with van der Waals surface area (Å²) >= 11 is 13.9. The van der Waals surface area contributed by atoms with Crippen LogP contribution in [0.25, 0.3) is 22.4 Å². The van der Waals surface area contributed by atoms with Crippen LogP contribution in [0.2, 0.25) is 10.0 Å². The van der Waals surface area contributed by atoms with E-state index in [0.717, 1.165) is 58.3 Å². The molecule has 54 heavy (non-hydrogen) atoms. The number of fused-ring (bicyclic) bond motifs is 1. The van der Waals surface area contributed by atoms with Gasteiger partial charge in [-0.15, -0.1) is 0 Å². The van der Waals surface area contributed by atoms with Gasteiger partial charge in [0.25, 0.3) is 0 Å². The number of methoxy groups -OCH3 is 1. The molecule has 1 saturated heterocycles. The van der Waals surface area contributed by atoms with Gasteiger partial charge in [0.05, 0.1) is 23.7 Å². The molecule has 2 aromatic heterocycles. The summed E-state index contributed by atoms with van der Waals surface area (Å²) in [6, 6.07) is 19.7. The Balaban J connectivity index is 1.10. The summed E-state index contributed by atoms with van der Waals surface area (Å²) in [4.78, 5) is 34.6. The van der Waals surface area contributed by atoms with Crippen LogP contribution in [-0.2, 0) is 29.1 Å². The average molecular weight is 771 g/mol. The second kappa shape index (κ2) is 16.7. The number of carboxylic acid groups (broad SMARTS) is 1. The Hall–Kier alpha value is -4.73. The van der Waals surface area contributed by atoms with Gasteiger partial charge < -0.3 is 24.6 Å². The summed E-state index contributed by atoms with van der Waals surface area (Å²) in [5.41, 5.74) is 6.95. The zero-order valence-corrected chi connectivity index (χ0v) is 31.5. The third kappa shape index (κ3) is 8.17. The number of benzene rings is 2. The minimum Gasteiger partial charge on any atom is -0.481 e. The Labute approximate surface area is 324 Å². The highest BCUT2D eigenvalue weighted by Crippen LogP contribution is 2.45. The first-order valence-corrected chi connectivity index (χ1v) is 19.0. The van der Waals surface area contributed by atoms with Gasteiger partial charge in [0, 0.05) is 54.7 Å². The van der Waals surface area contributed by atoms with Crippen LogP contribution >= 0.6 is 23.2 Å². The average Bonchev–Trinajstić information content (AvgIpc) is 3.93. The van der Waals surface area contributed by atoms with Gasteiger partial charge in [-0.1, -0.05) is 65.7 Å². The van der Waals surface area contributed by atoms with Gasteiger partial charge in [0.1, 0.15) is 23.0 Å². The Morgan fingerprint density at radius 1 is 1.00 bits per heavy atom. The Morgan fingerprint density at radius 3 is 2.57 bits per heavy atom. The Kier molecular flexibility index (Phi) is 11.6. The number of Topliss-reactive ketones (excluding diaryl/α,β-unsaturated/α-hetero) is 1. The lowest BCUT2D eigenvalue weighted by atomic mass is 9.94. The van der Waals surface area contributed by atoms with Gasteiger partial charge in [-0.2, -0.15) is 10.2 Å². The molecule has 0 spiro atoms. The first kappa shape index (κ1) is 37.6. The molecular formula is C41H41Cl2N5O6. The summed E-state index contributed by atoms with van der Waals surface area (Å²) < 4.78 is 17.9. The number of nitriles is 1. The molecule has 2 fully saturated rings. The van der Waals surface area contributed by atoms with E-state index in [4.69, 9.17) is 42.4 Å². The topological polar surface area (TPSA) is 147 Å². The zero-order valence-electron chi connectivity index (χ0n) is 29.9. The van der Waals surface area contributed by atoms with Crippen molar-refractivity contribution in [3.8, 4) is 46.1 Å². The summed E-state index contributed by atoms with van der Waals surface area (Å²) in [6.45, 7) is 2.70. The first-order chi connectivity index (χ1) is 26.2. The number of nitrogens with zero attached hydrogens (tertiary/aromatic N) is 4. The molecule has 4 aromatic rings. The van der Waals surface area contributed by atoms with E-state index < -0.39 is 5.97 Å². The normalized spacial score (nSPS) is 19.4. The van der Waals surface area contributed by atoms with Crippen LogP contribution in [0.4, 0.5) is 0 Å². The molecule has 7 rings (SSSR count). The number of hydrogen-bond acceptors (Lipinski definition) is 10. The maximum Gasteiger partial charge on any atom is 0.307 e. The van der Waals surface area contributed by atoms with Crippen molar-refractivity contribution in [1.29, 1.82) is 5.26 Å². The van der Waals surface area contributed by atoms with Gasteiger partial charge >= 0.3 is 5.97 Å². The molecule has 3 heterocycles. The number of carbonyl (C=O) groups is 2. The monoisotopic (exact) mass is 769 g/mol. The third-order valence-electron chi connectivity index (χ3n) is 10.5. The van der Waals surface area contributed by atoms with E-state index in [9.17, 15) is 20.0 Å². The number of aromatic nitrogens is 2. The van der Waals surface area contributed by atoms with Gasteiger partial charge in [-0.05, 0) is 73.5 Å². The second-order valence-corrected chi connectivity index (χ2v) is 14.9. The predicted molar refractivity (Wildman–Crippen MR) is 204 cm³/mol. The number of likely N-dealkylation sites (tertiary alicyclic amines) is 1. The molecule has 1 saturated carbocycles. The molecule has 3 atom stereocenters. The largest absolute Gasteiger partial charge is 0.481 e. The van der Waals surface area contributed by atoms with E-state index in [2.05, 4.69) is 27.3 Å². The van der Waals surface area contributed by atoms with E-state index in [1.807, 2.05) is 42.5 Å². The Bertz CT molecular complexity index is 2110. The highest BCUT2D eigenvalue weighted by Gasteiger charge is 2.31. The highest BCUT2D eigenvalue weighted by atomic mass is 35.5. The summed E-state index contributed by atoms with van der Waals surface area (Å²) in [6.07, 6.45) is 3.94. The molecule has 0 radical (unpaired) electrons. The molecule has 2 N–H and O–H groups in total. The zero-order chi connectivity index (χ0) is 37.8. The van der Waals surface area contributed by atoms with Crippen molar-refractivity contribution >= 4 is 35.0 Å². The standard InChI is InChI=1S/C41H41Cl2N5O6/c1-52-38-27(23-48-16-14-26(22-48)41(50)51)19-34(42)40(47-38)54-36-13-11-30-29(4-2-5-31(30)36)32-6-3-7-33(37(32)43)35-12-9-25(39(46-35)53-17-15-44)21-45-20-24-8-10-28(49)18-24/h2-7,9,12,19,24,26,36,45H,8,10-11,13-14,16-18,20-23H2,1H3,(H,50,51)/t24-,26-,36+/m1/s1. The number of carbonyl (C=O) groups excluding carboxylic acids is 1. The number of ketones is 1. The van der Waals surface area contributed by atoms with Gasteiger partial charge in [-0.25, -0.2) is 4.98 Å². The first-order valence-electron chi connectivity index (χ1n) is 18.2. The number of aliphatic carboxylic acids is 1. The van der Waals surface area contributed by atoms with Gasteiger partial charge in [-0.3, -0.25) is 14.5 Å². The molecule has 3 aliphatic rings. The van der Waals surface area contributed by atoms with Gasteiger partial charge in [0.2, 0.25) is 17.6 Å². The lowest BCUT2D eigenvalue weighted by Gasteiger charge is -2.20. The minimum atomic E-state index is -0.779. The van der Waals surface area contributed by atoms with Crippen LogP contribution in [0.15, 0.2) is 54.6 Å². The minimum absolute atomic E-state index is 0.140. The summed E-state index contributed by atoms with van der Waals surface area (Å²) in [5.74, 6) is 0.528. The van der Waals surface area contributed by atoms with E-state index >= 15 is 0 Å². The maximum absolute atomic E-state index is 11.7. The SMILES string of the molecule is COc1nc(O[C@H]2CCc3c(-c4cccc(-c5ccc(CNC[C@@H]6CCC(=O)C6)c(OCC#N)n5)c4Cl)cccc32)c(Cl)cc1CN1CC[C@@H](C(=O)O)C1. The number of carboxylic acids is 1. The van der Waals surface area contributed by atoms with Crippen molar-refractivity contribution in [2.75, 3.05) is 33.4 Å². The van der Waals surface area contributed by atoms with E-state index in [1.54, 1.807) is 13.2 Å². The maximum atomic E-state index is 11.7. The van der Waals surface area contributed by atoms with Crippen molar-refractivity contribution in [3.63, 3.8) is 0 Å². The number of nitrogens with one attached hydrogen (secondary N) is 1. The third-order valence-corrected chi connectivity index (χ3v) is 11.2. The van der Waals surface area contributed by atoms with Crippen molar-refractivity contribution in [3.05, 3.63) is 86.9 Å². The fourth-order valence-electron chi connectivity index (χ4n) is 7.80. The lowest BCUT2D eigenvalue weighted by Crippen LogP contribution is -2.23. The molecule has 0 unspecified atom stereocenters. The van der Waals surface area contributed by atoms with Crippen molar-refractivity contribution in [2.45, 2.75) is 57.7 Å². The number of halogens is 2. The van der Waals surface area contributed by atoms with Crippen LogP contribution in [0.3, 0.4) is 0 Å². The molecule has 13 heteroatoms. The smallest absolute Gasteiger partial charge is 0.307 e. The predicted octanol–water partition coefficient (Wildman–Crippen LogP) is 7.46. The van der Waals surface area contributed by atoms with E-state index in [-0.39, 0.29) is 24.5 Å². The molecule has 2 aromatic carbocycles. The van der Waals surface area contributed by atoms with Crippen molar-refractivity contribution in [1.82, 2.24) is 20.2 Å². The highest BCUT2D eigenvalue weighted by molar-refractivity contribution is 6.36. The van der Waals surface area contributed by atoms with Crippen LogP contribution in [0.5, 0.6) is 17.6 Å². The number of rotatable bonds is 14. The molecule has 1 aliphatic heterocycles. The number of hydrogen-bond donors (Lipinski definition) is 2. The quantitative estimate of drug-likeness (QED) is 0.132. The van der Waals surface area contributed by atoms with Gasteiger partial charge in [0.15, 0.2) is 6.61 Å². The van der Waals surface area contributed by atoms with Crippen molar-refractivity contribution in [2.24, 2.45) is 11.8 Å². The van der Waals surface area contributed by atoms with Crippen molar-refractivity contribution < 1.29 is 28.9 Å². The molecular weight excluding hydrogens is 729 g/mol. The molecule has 280 valence electrons. The van der Waals surface area contributed by atoms with Crippen LogP contribution in [0, 0.1) is 23.2 Å². The second-order valence-electron chi connectivity index (χ2n) is 14.1. The molecule has 11 nitrogen and oxygen atoms in total. The van der Waals surface area contributed by atoms with Crippen LogP contribution < -0.4 is 19.5 Å². The lowest BCUT2D eigenvalue weighted by molar-refractivity contribution is -0.141. The van der Waals surface area contributed by atoms with Crippen LogP contribution in [0.1, 0.15) is 60.5 Å². The van der Waals surface area contributed by atoms with E-state index in [1.165, 1.54) is 0 Å². The molecule has 2 aliphatic carbocycles. The summed E-state index contributed by atoms with van der Waals surface area (Å²) in [7, 11) is 1.55. The van der Waals surface area contributed by atoms with E-state index in [0.29, 0.717) is 91.1 Å².